The van der Waals surface area contributed by atoms with Gasteiger partial charge >= 0.3 is 0 Å². The minimum Gasteiger partial charge on any atom is -0.281 e. The van der Waals surface area contributed by atoms with Crippen LogP contribution in [0.5, 0.6) is 0 Å². The fourth-order valence-corrected chi connectivity index (χ4v) is 9.40. The lowest BCUT2D eigenvalue weighted by Gasteiger charge is -2.24. The largest absolute Gasteiger partial charge is 0.281 e. The Morgan fingerprint density at radius 2 is 1.44 bits per heavy atom. The van der Waals surface area contributed by atoms with Gasteiger partial charge in [-0.15, -0.1) is 45.8 Å². The molecule has 0 aliphatic carbocycles. The molecule has 0 bridgehead atoms. The Morgan fingerprint density at radius 3 is 2.03 bits per heavy atom. The van der Waals surface area contributed by atoms with Crippen LogP contribution in [0.2, 0.25) is 0 Å². The van der Waals surface area contributed by atoms with Crippen molar-refractivity contribution in [3.05, 3.63) is 85.0 Å². The molecule has 4 nitrogen and oxygen atoms in total. The van der Waals surface area contributed by atoms with Crippen LogP contribution >= 0.6 is 45.8 Å². The van der Waals surface area contributed by atoms with E-state index in [1.54, 1.807) is 43.8 Å². The highest BCUT2D eigenvalue weighted by Crippen LogP contribution is 2.54. The summed E-state index contributed by atoms with van der Waals surface area (Å²) in [6.45, 7) is 0. The van der Waals surface area contributed by atoms with Gasteiger partial charge in [0.05, 0.1) is 32.3 Å². The summed E-state index contributed by atoms with van der Waals surface area (Å²) in [6.07, 6.45) is 11.0. The molecule has 0 saturated heterocycles. The van der Waals surface area contributed by atoms with Crippen molar-refractivity contribution in [3.63, 3.8) is 0 Å². The number of carbonyl (C=O) groups is 2. The number of fused-ring (bicyclic) bond motifs is 7. The van der Waals surface area contributed by atoms with Crippen LogP contribution in [0.4, 0.5) is 0 Å². The van der Waals surface area contributed by atoms with Crippen LogP contribution in [-0.2, 0) is 9.59 Å². The Balaban J connectivity index is 1.34. The first-order chi connectivity index (χ1) is 16.7. The standard InChI is InChI=1S/C26H14N2O2S4/c29-25-19-20(22-24-14(6-8-28(22)25)12-18(34-24)16-4-2-10-32-16)26(30)27-7-5-13-11-17(15-3-1-9-31-15)33-23(13)21(19)27/h1,3-9,11-12H,2,10H2. The molecule has 5 aliphatic heterocycles. The molecule has 0 aromatic carbocycles. The lowest BCUT2D eigenvalue weighted by Crippen LogP contribution is -2.25. The number of rotatable bonds is 2. The molecule has 3 aromatic heterocycles. The summed E-state index contributed by atoms with van der Waals surface area (Å²) in [5.41, 5.74) is 4.69. The van der Waals surface area contributed by atoms with E-state index in [4.69, 9.17) is 0 Å². The number of thioether (sulfide) groups is 1. The Labute approximate surface area is 211 Å². The van der Waals surface area contributed by atoms with Crippen LogP contribution < -0.4 is 0 Å². The number of thiophene rings is 3. The predicted octanol–water partition coefficient (Wildman–Crippen LogP) is 6.79. The van der Waals surface area contributed by atoms with Gasteiger partial charge in [-0.1, -0.05) is 12.1 Å². The first-order valence-corrected chi connectivity index (χ1v) is 14.4. The summed E-state index contributed by atoms with van der Waals surface area (Å²) >= 11 is 6.91. The summed E-state index contributed by atoms with van der Waals surface area (Å²) in [4.78, 5) is 37.6. The SMILES string of the molecule is O=C1C2=C3c4sc(-c5cccs5)cc4C=CN3C(=O)C2=C2c3sc(C4=CCCS4)cc3C=CN12. The fourth-order valence-electron chi connectivity index (χ4n) is 5.06. The van der Waals surface area contributed by atoms with E-state index in [1.165, 1.54) is 14.7 Å². The number of hydrogen-bond donors (Lipinski definition) is 0. The fraction of sp³-hybridized carbons (Fsp3) is 0.0769. The molecule has 0 fully saturated rings. The second-order valence-corrected chi connectivity index (χ2v) is 12.6. The molecule has 5 aliphatic rings. The van der Waals surface area contributed by atoms with E-state index in [-0.39, 0.29) is 11.8 Å². The molecule has 0 atom stereocenters. The van der Waals surface area contributed by atoms with Gasteiger partial charge in [-0.05, 0) is 53.3 Å². The third-order valence-electron chi connectivity index (χ3n) is 6.54. The third kappa shape index (κ3) is 2.43. The summed E-state index contributed by atoms with van der Waals surface area (Å²) in [6, 6.07) is 8.50. The van der Waals surface area contributed by atoms with Gasteiger partial charge in [0.25, 0.3) is 11.8 Å². The molecular weight excluding hydrogens is 501 g/mol. The maximum atomic E-state index is 13.7. The number of hydrogen-bond acceptors (Lipinski definition) is 6. The van der Waals surface area contributed by atoms with E-state index in [0.717, 1.165) is 49.3 Å². The van der Waals surface area contributed by atoms with Gasteiger partial charge in [0.15, 0.2) is 0 Å². The number of nitrogens with zero attached hydrogens (tertiary/aromatic N) is 2. The zero-order valence-corrected chi connectivity index (χ0v) is 20.8. The summed E-state index contributed by atoms with van der Waals surface area (Å²) in [5, 5.41) is 2.07. The average molecular weight is 515 g/mol. The molecule has 34 heavy (non-hydrogen) atoms. The molecule has 8 heterocycles. The Morgan fingerprint density at radius 1 is 0.794 bits per heavy atom. The van der Waals surface area contributed by atoms with Crippen molar-refractivity contribution in [3.8, 4) is 9.75 Å². The van der Waals surface area contributed by atoms with Gasteiger partial charge in [-0.25, -0.2) is 0 Å². The highest BCUT2D eigenvalue weighted by atomic mass is 32.2. The third-order valence-corrected chi connectivity index (χ3v) is 11.2. The molecular formula is C26H14N2O2S4. The maximum absolute atomic E-state index is 13.7. The van der Waals surface area contributed by atoms with E-state index in [1.807, 2.05) is 42.4 Å². The van der Waals surface area contributed by atoms with Gasteiger partial charge in [-0.3, -0.25) is 19.4 Å². The second kappa shape index (κ2) is 6.82. The average Bonchev–Trinajstić information content (AvgIpc) is 3.65. The highest BCUT2D eigenvalue weighted by molar-refractivity contribution is 8.08. The van der Waals surface area contributed by atoms with Crippen molar-refractivity contribution in [2.24, 2.45) is 0 Å². The van der Waals surface area contributed by atoms with Gasteiger partial charge in [-0.2, -0.15) is 0 Å². The van der Waals surface area contributed by atoms with Crippen molar-refractivity contribution in [2.45, 2.75) is 6.42 Å². The molecule has 2 amide bonds. The van der Waals surface area contributed by atoms with Crippen LogP contribution in [0, 0.1) is 0 Å². The number of allylic oxidation sites excluding steroid dienone is 1. The van der Waals surface area contributed by atoms with Crippen LogP contribution in [-0.4, -0.2) is 27.4 Å². The first kappa shape index (κ1) is 19.4. The molecule has 0 N–H and O–H groups in total. The highest BCUT2D eigenvalue weighted by Gasteiger charge is 2.50. The van der Waals surface area contributed by atoms with Crippen molar-refractivity contribution in [1.29, 1.82) is 0 Å². The Bertz CT molecular complexity index is 1620. The van der Waals surface area contributed by atoms with Crippen LogP contribution in [0.25, 0.3) is 38.2 Å². The zero-order valence-electron chi connectivity index (χ0n) is 17.5. The van der Waals surface area contributed by atoms with Crippen LogP contribution in [0.1, 0.15) is 32.2 Å². The molecule has 0 saturated carbocycles. The van der Waals surface area contributed by atoms with Gasteiger partial charge < -0.3 is 0 Å². The quantitative estimate of drug-likeness (QED) is 0.378. The molecule has 0 radical (unpaired) electrons. The predicted molar refractivity (Wildman–Crippen MR) is 143 cm³/mol. The number of carbonyl (C=O) groups excluding carboxylic acids is 2. The van der Waals surface area contributed by atoms with Crippen LogP contribution in [0.15, 0.2) is 59.3 Å². The minimum atomic E-state index is -0.116. The van der Waals surface area contributed by atoms with Crippen molar-refractivity contribution in [2.75, 3.05) is 5.75 Å². The monoisotopic (exact) mass is 514 g/mol. The van der Waals surface area contributed by atoms with E-state index in [2.05, 4.69) is 29.7 Å². The summed E-state index contributed by atoms with van der Waals surface area (Å²) in [5.74, 6) is 0.878. The second-order valence-electron chi connectivity index (χ2n) is 8.40. The molecule has 0 unspecified atom stereocenters. The summed E-state index contributed by atoms with van der Waals surface area (Å²) in [7, 11) is 0. The van der Waals surface area contributed by atoms with Crippen molar-refractivity contribution < 1.29 is 9.59 Å². The molecule has 164 valence electrons. The summed E-state index contributed by atoms with van der Waals surface area (Å²) < 4.78 is 0. The molecule has 0 spiro atoms. The lowest BCUT2D eigenvalue weighted by molar-refractivity contribution is -0.122. The van der Waals surface area contributed by atoms with Gasteiger partial charge in [0.2, 0.25) is 0 Å². The van der Waals surface area contributed by atoms with E-state index >= 15 is 0 Å². The molecule has 8 rings (SSSR count). The van der Waals surface area contributed by atoms with E-state index in [0.29, 0.717) is 11.1 Å². The van der Waals surface area contributed by atoms with Gasteiger partial charge in [0.1, 0.15) is 0 Å². The molecule has 8 heteroatoms. The van der Waals surface area contributed by atoms with E-state index < -0.39 is 0 Å². The topological polar surface area (TPSA) is 40.6 Å². The van der Waals surface area contributed by atoms with Gasteiger partial charge in [0, 0.05) is 37.7 Å². The van der Waals surface area contributed by atoms with Crippen LogP contribution in [0.3, 0.4) is 0 Å². The maximum Gasteiger partial charge on any atom is 0.265 e. The number of amides is 2. The normalized spacial score (nSPS) is 19.7. The Kier molecular flexibility index (Phi) is 3.89. The van der Waals surface area contributed by atoms with E-state index in [9.17, 15) is 9.59 Å². The zero-order chi connectivity index (χ0) is 22.6. The minimum absolute atomic E-state index is 0.116. The Hall–Kier alpha value is -2.91. The molecule has 3 aromatic rings. The lowest BCUT2D eigenvalue weighted by atomic mass is 10.0. The first-order valence-electron chi connectivity index (χ1n) is 10.9. The smallest absolute Gasteiger partial charge is 0.265 e. The van der Waals surface area contributed by atoms with Crippen molar-refractivity contribution in [1.82, 2.24) is 9.80 Å². The van der Waals surface area contributed by atoms with Crippen molar-refractivity contribution >= 4 is 86.0 Å².